The van der Waals surface area contributed by atoms with E-state index in [0.29, 0.717) is 10.2 Å². The summed E-state index contributed by atoms with van der Waals surface area (Å²) in [4.78, 5) is 18.4. The Morgan fingerprint density at radius 2 is 2.00 bits per heavy atom. The van der Waals surface area contributed by atoms with E-state index in [9.17, 15) is 4.79 Å². The third-order valence-electron chi connectivity index (χ3n) is 2.73. The number of nitrogens with one attached hydrogen (secondary N) is 1. The molecule has 1 amide bonds. The first-order valence-corrected chi connectivity index (χ1v) is 7.01. The minimum atomic E-state index is -0.219. The van der Waals surface area contributed by atoms with Crippen molar-refractivity contribution >= 4 is 27.5 Å². The van der Waals surface area contributed by atoms with E-state index in [-0.39, 0.29) is 5.91 Å². The fourth-order valence-corrected chi connectivity index (χ4v) is 2.29. The average Bonchev–Trinajstić information content (AvgIpc) is 2.41. The first-order chi connectivity index (χ1) is 9.58. The van der Waals surface area contributed by atoms with Crippen LogP contribution in [-0.2, 0) is 6.54 Å². The summed E-state index contributed by atoms with van der Waals surface area (Å²) in [5.74, 6) is -0.219. The maximum Gasteiger partial charge on any atom is 0.275 e. The Bertz CT molecular complexity index is 614. The third-order valence-corrected chi connectivity index (χ3v) is 3.37. The van der Waals surface area contributed by atoms with E-state index in [4.69, 9.17) is 0 Å². The predicted molar refractivity (Wildman–Crippen MR) is 83.7 cm³/mol. The van der Waals surface area contributed by atoms with E-state index in [2.05, 4.69) is 31.1 Å². The minimum absolute atomic E-state index is 0.219. The molecule has 0 unspecified atom stereocenters. The second-order valence-corrected chi connectivity index (χ2v) is 5.54. The molecule has 4 nitrogen and oxygen atoms in total. The molecule has 20 heavy (non-hydrogen) atoms. The maximum absolute atomic E-state index is 12.3. The SMILES string of the molecule is CN(C)Cc1ccccc1NC(=O)c1ncccc1Br. The zero-order valence-electron chi connectivity index (χ0n) is 11.4. The number of amides is 1. The largest absolute Gasteiger partial charge is 0.320 e. The normalized spacial score (nSPS) is 10.6. The number of hydrogen-bond donors (Lipinski definition) is 1. The highest BCUT2D eigenvalue weighted by molar-refractivity contribution is 9.10. The van der Waals surface area contributed by atoms with E-state index >= 15 is 0 Å². The molecule has 0 aliphatic carbocycles. The van der Waals surface area contributed by atoms with Gasteiger partial charge in [-0.25, -0.2) is 4.98 Å². The molecule has 0 fully saturated rings. The first kappa shape index (κ1) is 14.7. The molecule has 104 valence electrons. The Labute approximate surface area is 127 Å². The topological polar surface area (TPSA) is 45.2 Å². The molecule has 1 N–H and O–H groups in total. The standard InChI is InChI=1S/C15H16BrN3O/c1-19(2)10-11-6-3-4-8-13(11)18-15(20)14-12(16)7-5-9-17-14/h3-9H,10H2,1-2H3,(H,18,20). The first-order valence-electron chi connectivity index (χ1n) is 6.22. The monoisotopic (exact) mass is 333 g/mol. The van der Waals surface area contributed by atoms with Gasteiger partial charge in [-0.1, -0.05) is 18.2 Å². The third kappa shape index (κ3) is 3.65. The molecule has 0 atom stereocenters. The van der Waals surface area contributed by atoms with Crippen LogP contribution >= 0.6 is 15.9 Å². The summed E-state index contributed by atoms with van der Waals surface area (Å²) in [6.45, 7) is 0.764. The number of halogens is 1. The zero-order valence-corrected chi connectivity index (χ0v) is 13.0. The van der Waals surface area contributed by atoms with E-state index < -0.39 is 0 Å². The van der Waals surface area contributed by atoms with Gasteiger partial charge in [0.2, 0.25) is 0 Å². The molecule has 1 heterocycles. The van der Waals surface area contributed by atoms with E-state index in [1.807, 2.05) is 38.4 Å². The number of para-hydroxylation sites is 1. The quantitative estimate of drug-likeness (QED) is 0.934. The van der Waals surface area contributed by atoms with Crippen molar-refractivity contribution in [2.45, 2.75) is 6.54 Å². The molecule has 0 bridgehead atoms. The average molecular weight is 334 g/mol. The molecule has 0 spiro atoms. The molecule has 0 saturated heterocycles. The van der Waals surface area contributed by atoms with Gasteiger partial charge in [0.1, 0.15) is 5.69 Å². The van der Waals surface area contributed by atoms with Crippen molar-refractivity contribution in [3.63, 3.8) is 0 Å². The summed E-state index contributed by atoms with van der Waals surface area (Å²) in [6, 6.07) is 11.3. The van der Waals surface area contributed by atoms with Gasteiger partial charge in [0, 0.05) is 22.9 Å². The summed E-state index contributed by atoms with van der Waals surface area (Å²) in [6.07, 6.45) is 1.60. The van der Waals surface area contributed by atoms with Gasteiger partial charge >= 0.3 is 0 Å². The fourth-order valence-electron chi connectivity index (χ4n) is 1.86. The molecule has 5 heteroatoms. The van der Waals surface area contributed by atoms with Crippen molar-refractivity contribution in [1.82, 2.24) is 9.88 Å². The molecule has 0 saturated carbocycles. The van der Waals surface area contributed by atoms with Crippen molar-refractivity contribution in [2.24, 2.45) is 0 Å². The van der Waals surface area contributed by atoms with Crippen molar-refractivity contribution in [2.75, 3.05) is 19.4 Å². The predicted octanol–water partition coefficient (Wildman–Crippen LogP) is 3.16. The molecule has 2 aromatic rings. The van der Waals surface area contributed by atoms with Gasteiger partial charge in [-0.2, -0.15) is 0 Å². The Kier molecular flexibility index (Phi) is 4.87. The number of anilines is 1. The van der Waals surface area contributed by atoms with E-state index in [1.54, 1.807) is 18.3 Å². The van der Waals surface area contributed by atoms with Crippen LogP contribution in [0, 0.1) is 0 Å². The van der Waals surface area contributed by atoms with E-state index in [1.165, 1.54) is 0 Å². The van der Waals surface area contributed by atoms with Crippen LogP contribution in [0.15, 0.2) is 47.1 Å². The van der Waals surface area contributed by atoms with Crippen molar-refractivity contribution < 1.29 is 4.79 Å². The van der Waals surface area contributed by atoms with Gasteiger partial charge in [-0.15, -0.1) is 0 Å². The molecule has 1 aromatic heterocycles. The summed E-state index contributed by atoms with van der Waals surface area (Å²) in [5.41, 5.74) is 2.26. The molecule has 1 aromatic carbocycles. The zero-order chi connectivity index (χ0) is 14.5. The number of pyridine rings is 1. The number of hydrogen-bond acceptors (Lipinski definition) is 3. The second kappa shape index (κ2) is 6.63. The van der Waals surface area contributed by atoms with Gasteiger partial charge < -0.3 is 10.2 Å². The highest BCUT2D eigenvalue weighted by atomic mass is 79.9. The van der Waals surface area contributed by atoms with Gasteiger partial charge in [-0.3, -0.25) is 4.79 Å². The van der Waals surface area contributed by atoms with Crippen LogP contribution in [0.2, 0.25) is 0 Å². The highest BCUT2D eigenvalue weighted by Crippen LogP contribution is 2.19. The molecule has 0 radical (unpaired) electrons. The van der Waals surface area contributed by atoms with Crippen molar-refractivity contribution in [3.05, 3.63) is 58.3 Å². The highest BCUT2D eigenvalue weighted by Gasteiger charge is 2.13. The lowest BCUT2D eigenvalue weighted by Crippen LogP contribution is -2.17. The summed E-state index contributed by atoms with van der Waals surface area (Å²) in [7, 11) is 3.99. The van der Waals surface area contributed by atoms with Gasteiger partial charge in [0.15, 0.2) is 0 Å². The summed E-state index contributed by atoms with van der Waals surface area (Å²) >= 11 is 3.34. The lowest BCUT2D eigenvalue weighted by Gasteiger charge is -2.14. The number of carbonyl (C=O) groups is 1. The Morgan fingerprint density at radius 1 is 1.25 bits per heavy atom. The van der Waals surface area contributed by atoms with Crippen molar-refractivity contribution in [3.8, 4) is 0 Å². The number of rotatable bonds is 4. The van der Waals surface area contributed by atoms with Crippen LogP contribution in [-0.4, -0.2) is 29.9 Å². The van der Waals surface area contributed by atoms with Crippen LogP contribution in [0.1, 0.15) is 16.1 Å². The minimum Gasteiger partial charge on any atom is -0.320 e. The number of carbonyl (C=O) groups excluding carboxylic acids is 1. The number of benzene rings is 1. The molecular formula is C15H16BrN3O. The Hall–Kier alpha value is -1.72. The van der Waals surface area contributed by atoms with Crippen LogP contribution in [0.25, 0.3) is 0 Å². The van der Waals surface area contributed by atoms with Crippen LogP contribution in [0.4, 0.5) is 5.69 Å². The van der Waals surface area contributed by atoms with Gasteiger partial charge in [0.05, 0.1) is 0 Å². The summed E-state index contributed by atoms with van der Waals surface area (Å²) in [5, 5.41) is 2.91. The maximum atomic E-state index is 12.3. The molecule has 0 aliphatic rings. The lowest BCUT2D eigenvalue weighted by molar-refractivity contribution is 0.102. The Morgan fingerprint density at radius 3 is 2.70 bits per heavy atom. The van der Waals surface area contributed by atoms with Crippen LogP contribution in [0.3, 0.4) is 0 Å². The summed E-state index contributed by atoms with van der Waals surface area (Å²) < 4.78 is 0.683. The molecular weight excluding hydrogens is 318 g/mol. The van der Waals surface area contributed by atoms with Crippen LogP contribution in [0.5, 0.6) is 0 Å². The van der Waals surface area contributed by atoms with Gasteiger partial charge in [0.25, 0.3) is 5.91 Å². The fraction of sp³-hybridized carbons (Fsp3) is 0.200. The van der Waals surface area contributed by atoms with Gasteiger partial charge in [-0.05, 0) is 53.8 Å². The Balaban J connectivity index is 2.22. The number of nitrogens with zero attached hydrogens (tertiary/aromatic N) is 2. The van der Waals surface area contributed by atoms with Crippen LogP contribution < -0.4 is 5.32 Å². The smallest absolute Gasteiger partial charge is 0.275 e. The molecule has 2 rings (SSSR count). The molecule has 0 aliphatic heterocycles. The lowest BCUT2D eigenvalue weighted by atomic mass is 10.1. The van der Waals surface area contributed by atoms with E-state index in [0.717, 1.165) is 17.8 Å². The number of aromatic nitrogens is 1. The van der Waals surface area contributed by atoms with Crippen molar-refractivity contribution in [1.29, 1.82) is 0 Å². The second-order valence-electron chi connectivity index (χ2n) is 4.68.